The lowest BCUT2D eigenvalue weighted by atomic mass is 9.64. The van der Waals surface area contributed by atoms with Gasteiger partial charge in [0.25, 0.3) is 5.91 Å². The van der Waals surface area contributed by atoms with Crippen molar-refractivity contribution in [3.63, 3.8) is 0 Å². The Hall–Kier alpha value is -2.30. The van der Waals surface area contributed by atoms with Gasteiger partial charge in [0, 0.05) is 38.2 Å². The lowest BCUT2D eigenvalue weighted by molar-refractivity contribution is -0.157. The Balaban J connectivity index is 1.43. The van der Waals surface area contributed by atoms with Crippen molar-refractivity contribution in [2.24, 2.45) is 5.92 Å². The zero-order chi connectivity index (χ0) is 27.3. The molecular weight excluding hydrogens is 510 g/mol. The molecule has 1 saturated carbocycles. The van der Waals surface area contributed by atoms with E-state index in [1.807, 2.05) is 6.07 Å². The molecule has 2 aliphatic heterocycles. The first-order chi connectivity index (χ1) is 17.1. The zero-order valence-corrected chi connectivity index (χ0v) is 24.7. The molecule has 11 heteroatoms. The molecule has 0 spiro atoms. The number of hydrogen-bond donors (Lipinski definition) is 3. The minimum Gasteiger partial charge on any atom is -0.410 e. The number of nitrogens with zero attached hydrogens (tertiary/aromatic N) is 2. The molecule has 3 aliphatic rings. The molecule has 1 aliphatic carbocycles. The molecule has 204 valence electrons. The number of likely N-dealkylation sites (tertiary alicyclic amines) is 1. The van der Waals surface area contributed by atoms with E-state index in [9.17, 15) is 14.4 Å². The minimum atomic E-state index is -1.85. The van der Waals surface area contributed by atoms with Crippen molar-refractivity contribution in [1.29, 1.82) is 0 Å². The molecular formula is C26H40ClN5O4Si. The summed E-state index contributed by atoms with van der Waals surface area (Å²) in [4.78, 5) is 41.5. The summed E-state index contributed by atoms with van der Waals surface area (Å²) in [5, 5.41) is 3.75. The smallest absolute Gasteiger partial charge is 0.323 e. The molecule has 4 rings (SSSR count). The van der Waals surface area contributed by atoms with E-state index in [1.165, 1.54) is 6.92 Å². The SMILES string of the molecule is CC(=O)NNC(=O)C12CC(C)CC(C1)N2C(=O)Nc1ccc(Cl)c(N2CC(O[Si](C)(C)C(C)(C)C)C2)c1. The summed E-state index contributed by atoms with van der Waals surface area (Å²) in [7, 11) is -1.85. The van der Waals surface area contributed by atoms with Crippen molar-refractivity contribution in [3.8, 4) is 0 Å². The van der Waals surface area contributed by atoms with E-state index < -0.39 is 13.9 Å². The maximum atomic E-state index is 13.4. The van der Waals surface area contributed by atoms with Crippen LogP contribution in [0.15, 0.2) is 18.2 Å². The van der Waals surface area contributed by atoms with Gasteiger partial charge in [0.2, 0.25) is 5.91 Å². The third-order valence-corrected chi connectivity index (χ3v) is 13.3. The molecule has 1 aromatic carbocycles. The number of nitrogens with one attached hydrogen (secondary N) is 3. The lowest BCUT2D eigenvalue weighted by Gasteiger charge is -2.61. The van der Waals surface area contributed by atoms with Crippen LogP contribution in [0.5, 0.6) is 0 Å². The van der Waals surface area contributed by atoms with E-state index in [4.69, 9.17) is 16.0 Å². The molecule has 2 bridgehead atoms. The number of benzene rings is 1. The molecule has 4 amide bonds. The average molecular weight is 550 g/mol. The number of rotatable bonds is 5. The van der Waals surface area contributed by atoms with Gasteiger partial charge >= 0.3 is 6.03 Å². The highest BCUT2D eigenvalue weighted by Crippen LogP contribution is 2.50. The van der Waals surface area contributed by atoms with Crippen LogP contribution in [0.2, 0.25) is 23.2 Å². The van der Waals surface area contributed by atoms with Gasteiger partial charge < -0.3 is 19.5 Å². The van der Waals surface area contributed by atoms with Gasteiger partial charge in [-0.25, -0.2) is 4.79 Å². The normalized spacial score (nSPS) is 25.6. The van der Waals surface area contributed by atoms with Crippen LogP contribution in [0.25, 0.3) is 0 Å². The standard InChI is InChI=1S/C26H40ClN5O4Si/c1-16-10-19-13-26(12-16,23(34)30-29-17(2)33)32(19)24(35)28-18-8-9-21(27)22(11-18)31-14-20(15-31)36-37(6,7)25(3,4)5/h8-9,11,16,19-20H,10,12-15H2,1-7H3,(H,28,35)(H,29,33)(H,30,34). The van der Waals surface area contributed by atoms with Gasteiger partial charge in [-0.2, -0.15) is 0 Å². The number of urea groups is 1. The van der Waals surface area contributed by atoms with E-state index in [1.54, 1.807) is 17.0 Å². The fourth-order valence-corrected chi connectivity index (χ4v) is 7.12. The van der Waals surface area contributed by atoms with E-state index in [0.717, 1.165) is 25.2 Å². The summed E-state index contributed by atoms with van der Waals surface area (Å²) in [6.45, 7) is 16.1. The van der Waals surface area contributed by atoms with Gasteiger partial charge in [-0.05, 0) is 55.1 Å². The molecule has 0 aromatic heterocycles. The van der Waals surface area contributed by atoms with Gasteiger partial charge in [-0.3, -0.25) is 20.4 Å². The van der Waals surface area contributed by atoms with Crippen molar-refractivity contribution in [2.45, 2.75) is 89.7 Å². The molecule has 3 fully saturated rings. The maximum Gasteiger partial charge on any atom is 0.323 e. The number of amides is 4. The first kappa shape index (κ1) is 27.7. The second kappa shape index (κ2) is 9.78. The Labute approximate surface area is 225 Å². The molecule has 0 radical (unpaired) electrons. The quantitative estimate of drug-likeness (QED) is 0.371. The van der Waals surface area contributed by atoms with Crippen LogP contribution in [0.4, 0.5) is 16.2 Å². The highest BCUT2D eigenvalue weighted by molar-refractivity contribution is 6.74. The van der Waals surface area contributed by atoms with Crippen molar-refractivity contribution < 1.29 is 18.8 Å². The highest BCUT2D eigenvalue weighted by atomic mass is 35.5. The van der Waals surface area contributed by atoms with Gasteiger partial charge in [-0.1, -0.05) is 39.3 Å². The van der Waals surface area contributed by atoms with Crippen LogP contribution in [-0.2, 0) is 14.0 Å². The molecule has 9 nitrogen and oxygen atoms in total. The largest absolute Gasteiger partial charge is 0.410 e. The molecule has 1 aromatic rings. The Morgan fingerprint density at radius 2 is 1.81 bits per heavy atom. The van der Waals surface area contributed by atoms with Gasteiger partial charge in [0.05, 0.1) is 16.8 Å². The van der Waals surface area contributed by atoms with Crippen LogP contribution in [-0.4, -0.2) is 61.8 Å². The fourth-order valence-electron chi connectivity index (χ4n) is 5.55. The van der Waals surface area contributed by atoms with E-state index in [2.05, 4.69) is 61.9 Å². The minimum absolute atomic E-state index is 0.0118. The topological polar surface area (TPSA) is 103 Å². The third-order valence-electron chi connectivity index (χ3n) is 8.41. The lowest BCUT2D eigenvalue weighted by Crippen LogP contribution is -2.78. The molecule has 3 atom stereocenters. The number of carbonyl (C=O) groups excluding carboxylic acids is 3. The first-order valence-corrected chi connectivity index (χ1v) is 16.3. The van der Waals surface area contributed by atoms with Crippen molar-refractivity contribution in [1.82, 2.24) is 15.8 Å². The van der Waals surface area contributed by atoms with Gasteiger partial charge in [0.1, 0.15) is 5.54 Å². The summed E-state index contributed by atoms with van der Waals surface area (Å²) < 4.78 is 6.51. The zero-order valence-electron chi connectivity index (χ0n) is 22.9. The third kappa shape index (κ3) is 5.33. The number of fused-ring (bicyclic) bond motifs is 2. The molecule has 37 heavy (non-hydrogen) atoms. The Morgan fingerprint density at radius 3 is 2.43 bits per heavy atom. The highest BCUT2D eigenvalue weighted by Gasteiger charge is 2.62. The Kier molecular flexibility index (Phi) is 7.33. The average Bonchev–Trinajstić information content (AvgIpc) is 2.74. The summed E-state index contributed by atoms with van der Waals surface area (Å²) in [5.74, 6) is -0.413. The number of piperidine rings is 1. The summed E-state index contributed by atoms with van der Waals surface area (Å²) in [6.07, 6.45) is 2.15. The monoisotopic (exact) mass is 549 g/mol. The maximum absolute atomic E-state index is 13.4. The van der Waals surface area contributed by atoms with E-state index in [0.29, 0.717) is 29.5 Å². The second-order valence-electron chi connectivity index (χ2n) is 12.4. The van der Waals surface area contributed by atoms with Crippen molar-refractivity contribution in [2.75, 3.05) is 23.3 Å². The van der Waals surface area contributed by atoms with Crippen LogP contribution < -0.4 is 21.1 Å². The van der Waals surface area contributed by atoms with Gasteiger partial charge in [0.15, 0.2) is 8.32 Å². The van der Waals surface area contributed by atoms with Crippen molar-refractivity contribution >= 4 is 49.1 Å². The predicted octanol–water partition coefficient (Wildman–Crippen LogP) is 4.49. The van der Waals surface area contributed by atoms with E-state index >= 15 is 0 Å². The second-order valence-corrected chi connectivity index (χ2v) is 17.6. The number of hydrazine groups is 1. The molecule has 3 unspecified atom stereocenters. The van der Waals surface area contributed by atoms with Crippen molar-refractivity contribution in [3.05, 3.63) is 23.2 Å². The predicted molar refractivity (Wildman–Crippen MR) is 148 cm³/mol. The Morgan fingerprint density at radius 1 is 1.14 bits per heavy atom. The van der Waals surface area contributed by atoms with Crippen LogP contribution in [0.1, 0.15) is 53.9 Å². The number of halogens is 1. The van der Waals surface area contributed by atoms with E-state index in [-0.39, 0.29) is 35.0 Å². The number of hydrogen-bond acceptors (Lipinski definition) is 5. The summed E-state index contributed by atoms with van der Waals surface area (Å²) >= 11 is 6.53. The summed E-state index contributed by atoms with van der Waals surface area (Å²) in [5.41, 5.74) is 5.35. The first-order valence-electron chi connectivity index (χ1n) is 13.0. The van der Waals surface area contributed by atoms with Crippen LogP contribution >= 0.6 is 11.6 Å². The fraction of sp³-hybridized carbons (Fsp3) is 0.654. The number of carbonyl (C=O) groups is 3. The Bertz CT molecular complexity index is 1090. The molecule has 3 N–H and O–H groups in total. The van der Waals surface area contributed by atoms with Crippen LogP contribution in [0.3, 0.4) is 0 Å². The summed E-state index contributed by atoms with van der Waals surface area (Å²) in [6, 6.07) is 5.10. The number of anilines is 2. The molecule has 2 saturated heterocycles. The van der Waals surface area contributed by atoms with Crippen LogP contribution in [0, 0.1) is 5.92 Å². The molecule has 2 heterocycles. The van der Waals surface area contributed by atoms with Gasteiger partial charge in [-0.15, -0.1) is 0 Å².